The molecule has 0 aliphatic carbocycles. The second-order valence-corrected chi connectivity index (χ2v) is 4.93. The Morgan fingerprint density at radius 2 is 2.00 bits per heavy atom. The summed E-state index contributed by atoms with van der Waals surface area (Å²) in [5, 5.41) is 18.8. The van der Waals surface area contributed by atoms with Crippen LogP contribution in [0.2, 0.25) is 0 Å². The van der Waals surface area contributed by atoms with Crippen molar-refractivity contribution in [2.24, 2.45) is 7.05 Å². The van der Waals surface area contributed by atoms with E-state index in [-0.39, 0.29) is 17.6 Å². The fourth-order valence-corrected chi connectivity index (χ4v) is 2.57. The largest absolute Gasteiger partial charge is 0.394 e. The Morgan fingerprint density at radius 1 is 1.29 bits per heavy atom. The molecule has 0 saturated carbocycles. The predicted octanol–water partition coefficient (Wildman–Crippen LogP) is -2.64. The average molecular weight is 298 g/mol. The molecule has 3 rings (SSSR count). The van der Waals surface area contributed by atoms with Crippen LogP contribution < -0.4 is 16.9 Å². The van der Waals surface area contributed by atoms with Crippen molar-refractivity contribution >= 4 is 11.2 Å². The summed E-state index contributed by atoms with van der Waals surface area (Å²) in [6.07, 6.45) is -2.55. The number of imidazole rings is 1. The number of ether oxygens (including phenoxy) is 1. The lowest BCUT2D eigenvalue weighted by molar-refractivity contribution is -0.0443. The molecule has 10 heteroatoms. The third-order valence-electron chi connectivity index (χ3n) is 3.64. The highest BCUT2D eigenvalue weighted by molar-refractivity contribution is 5.69. The number of rotatable bonds is 2. The number of aliphatic hydroxyl groups is 2. The molecule has 1 aliphatic heterocycles. The van der Waals surface area contributed by atoms with Crippen molar-refractivity contribution in [1.82, 2.24) is 19.1 Å². The fourth-order valence-electron chi connectivity index (χ4n) is 2.57. The van der Waals surface area contributed by atoms with Crippen LogP contribution in [-0.4, -0.2) is 48.1 Å². The van der Waals surface area contributed by atoms with E-state index in [9.17, 15) is 19.5 Å². The first-order valence-corrected chi connectivity index (χ1v) is 6.32. The minimum atomic E-state index is -0.934. The molecule has 4 N–H and O–H groups in total. The number of fused-ring (bicyclic) bond motifs is 1. The molecule has 1 saturated heterocycles. The molecule has 2 aromatic heterocycles. The van der Waals surface area contributed by atoms with Crippen molar-refractivity contribution < 1.29 is 14.9 Å². The molecule has 3 atom stereocenters. The van der Waals surface area contributed by atoms with E-state index >= 15 is 0 Å². The smallest absolute Gasteiger partial charge is 0.329 e. The van der Waals surface area contributed by atoms with E-state index in [1.54, 1.807) is 0 Å². The summed E-state index contributed by atoms with van der Waals surface area (Å²) in [4.78, 5) is 39.9. The third-order valence-corrected chi connectivity index (χ3v) is 3.64. The highest BCUT2D eigenvalue weighted by atomic mass is 16.5. The van der Waals surface area contributed by atoms with Crippen molar-refractivity contribution in [3.05, 3.63) is 31.3 Å². The summed E-state index contributed by atoms with van der Waals surface area (Å²) in [5.41, 5.74) is -1.98. The van der Waals surface area contributed by atoms with Gasteiger partial charge in [-0.25, -0.2) is 9.59 Å². The van der Waals surface area contributed by atoms with Crippen LogP contribution in [0.5, 0.6) is 0 Å². The number of nitrogens with zero attached hydrogens (tertiary/aromatic N) is 2. The molecule has 114 valence electrons. The SMILES string of the molecule is Cn1c(=O)[nH]c(=O)c2[nH]c(=O)n([C@H]3C[C@H](O)[C@@H](CO)O3)c21. The number of aromatic nitrogens is 4. The Labute approximate surface area is 116 Å². The molecule has 3 heterocycles. The van der Waals surface area contributed by atoms with Crippen LogP contribution in [-0.2, 0) is 11.8 Å². The molecular formula is C11H14N4O6. The summed E-state index contributed by atoms with van der Waals surface area (Å²) in [6, 6.07) is 0. The van der Waals surface area contributed by atoms with Crippen LogP contribution in [0.3, 0.4) is 0 Å². The van der Waals surface area contributed by atoms with Crippen molar-refractivity contribution in [3.63, 3.8) is 0 Å². The van der Waals surface area contributed by atoms with Crippen LogP contribution in [0.1, 0.15) is 12.6 Å². The van der Waals surface area contributed by atoms with Gasteiger partial charge in [0.2, 0.25) is 0 Å². The first-order chi connectivity index (χ1) is 9.93. The van der Waals surface area contributed by atoms with Gasteiger partial charge in [0.05, 0.1) is 12.7 Å². The van der Waals surface area contributed by atoms with Gasteiger partial charge in [-0.2, -0.15) is 0 Å². The molecule has 1 aliphatic rings. The number of hydrogen-bond donors (Lipinski definition) is 4. The molecule has 2 aromatic rings. The number of aliphatic hydroxyl groups excluding tert-OH is 2. The Balaban J connectivity index is 2.25. The van der Waals surface area contributed by atoms with E-state index in [1.165, 1.54) is 7.05 Å². The lowest BCUT2D eigenvalue weighted by Crippen LogP contribution is -2.31. The van der Waals surface area contributed by atoms with Crippen LogP contribution in [0.4, 0.5) is 0 Å². The standard InChI is InChI=1S/C11H14N4O6/c1-14-9-7(8(18)13-10(14)19)12-11(20)15(9)6-2-4(17)5(3-16)21-6/h4-6,16-17H,2-3H2,1H3,(H,12,20)(H,13,18,19)/t4-,5+,6+/m0/s1. The summed E-state index contributed by atoms with van der Waals surface area (Å²) in [5.74, 6) is 0. The molecule has 21 heavy (non-hydrogen) atoms. The van der Waals surface area contributed by atoms with Gasteiger partial charge in [-0.15, -0.1) is 0 Å². The van der Waals surface area contributed by atoms with Crippen LogP contribution in [0.25, 0.3) is 11.2 Å². The van der Waals surface area contributed by atoms with E-state index in [2.05, 4.69) is 9.97 Å². The quantitative estimate of drug-likeness (QED) is 0.477. The van der Waals surface area contributed by atoms with Crippen LogP contribution in [0.15, 0.2) is 14.4 Å². The second kappa shape index (κ2) is 4.69. The van der Waals surface area contributed by atoms with E-state index < -0.39 is 42.0 Å². The highest BCUT2D eigenvalue weighted by Crippen LogP contribution is 2.28. The minimum absolute atomic E-state index is 0.0485. The molecule has 1 fully saturated rings. The maximum Gasteiger partial charge on any atom is 0.329 e. The number of aromatic amines is 2. The molecule has 10 nitrogen and oxygen atoms in total. The highest BCUT2D eigenvalue weighted by Gasteiger charge is 2.36. The number of aryl methyl sites for hydroxylation is 1. The van der Waals surface area contributed by atoms with Crippen molar-refractivity contribution in [2.45, 2.75) is 24.9 Å². The normalized spacial score (nSPS) is 25.8. The zero-order chi connectivity index (χ0) is 15.3. The topological polar surface area (TPSA) is 142 Å². The van der Waals surface area contributed by atoms with E-state index in [4.69, 9.17) is 9.84 Å². The van der Waals surface area contributed by atoms with Gasteiger partial charge in [0.25, 0.3) is 5.56 Å². The van der Waals surface area contributed by atoms with Gasteiger partial charge in [0.1, 0.15) is 12.3 Å². The van der Waals surface area contributed by atoms with E-state index in [0.29, 0.717) is 0 Å². The summed E-state index contributed by atoms with van der Waals surface area (Å²) in [7, 11) is 1.40. The number of nitrogens with one attached hydrogen (secondary N) is 2. The Morgan fingerprint density at radius 3 is 2.62 bits per heavy atom. The molecule has 0 spiro atoms. The molecule has 0 aromatic carbocycles. The zero-order valence-electron chi connectivity index (χ0n) is 11.1. The minimum Gasteiger partial charge on any atom is -0.394 e. The summed E-state index contributed by atoms with van der Waals surface area (Å²) in [6.45, 7) is -0.395. The van der Waals surface area contributed by atoms with Crippen molar-refractivity contribution in [2.75, 3.05) is 6.61 Å². The predicted molar refractivity (Wildman–Crippen MR) is 70.0 cm³/mol. The zero-order valence-corrected chi connectivity index (χ0v) is 11.1. The van der Waals surface area contributed by atoms with Gasteiger partial charge in [-0.05, 0) is 0 Å². The Bertz CT molecular complexity index is 858. The lowest BCUT2D eigenvalue weighted by Gasteiger charge is -2.14. The summed E-state index contributed by atoms with van der Waals surface area (Å²) >= 11 is 0. The molecule has 0 amide bonds. The van der Waals surface area contributed by atoms with Gasteiger partial charge >= 0.3 is 11.4 Å². The van der Waals surface area contributed by atoms with Crippen molar-refractivity contribution in [1.29, 1.82) is 0 Å². The number of hydrogen-bond acceptors (Lipinski definition) is 6. The van der Waals surface area contributed by atoms with Crippen LogP contribution >= 0.6 is 0 Å². The maximum absolute atomic E-state index is 12.1. The monoisotopic (exact) mass is 298 g/mol. The van der Waals surface area contributed by atoms with E-state index in [1.807, 2.05) is 0 Å². The Kier molecular flexibility index (Phi) is 3.08. The van der Waals surface area contributed by atoms with Gasteiger partial charge < -0.3 is 14.9 Å². The molecule has 0 bridgehead atoms. The van der Waals surface area contributed by atoms with Gasteiger partial charge in [-0.1, -0.05) is 0 Å². The average Bonchev–Trinajstić information content (AvgIpc) is 2.96. The summed E-state index contributed by atoms with van der Waals surface area (Å²) < 4.78 is 7.62. The second-order valence-electron chi connectivity index (χ2n) is 4.93. The first kappa shape index (κ1) is 13.8. The molecular weight excluding hydrogens is 284 g/mol. The van der Waals surface area contributed by atoms with Crippen LogP contribution in [0, 0.1) is 0 Å². The number of H-pyrrole nitrogens is 2. The van der Waals surface area contributed by atoms with Crippen molar-refractivity contribution in [3.8, 4) is 0 Å². The van der Waals surface area contributed by atoms with Gasteiger partial charge in [0, 0.05) is 13.5 Å². The maximum atomic E-state index is 12.1. The lowest BCUT2D eigenvalue weighted by atomic mass is 10.2. The van der Waals surface area contributed by atoms with E-state index in [0.717, 1.165) is 9.13 Å². The molecule has 0 unspecified atom stereocenters. The van der Waals surface area contributed by atoms with Gasteiger partial charge in [0.15, 0.2) is 11.2 Å². The van der Waals surface area contributed by atoms with Gasteiger partial charge in [-0.3, -0.25) is 23.9 Å². The first-order valence-electron chi connectivity index (χ1n) is 6.32. The fraction of sp³-hybridized carbons (Fsp3) is 0.545. The Hall–Kier alpha value is -2.17. The third kappa shape index (κ3) is 1.95. The molecule has 0 radical (unpaired) electrons.